The van der Waals surface area contributed by atoms with Crippen LogP contribution in [0, 0.1) is 5.82 Å². The standard InChI is InChI=1S/C17H27BrFN/c1-3-5-7-9-15(10-8-6-4-2)20-17-13-14(19)11-12-16(17)18/h11-13,15,20H,3-10H2,1-2H3. The van der Waals surface area contributed by atoms with Gasteiger partial charge in [0.25, 0.3) is 0 Å². The molecular formula is C17H27BrFN. The van der Waals surface area contributed by atoms with Gasteiger partial charge >= 0.3 is 0 Å². The fraction of sp³-hybridized carbons (Fsp3) is 0.647. The quantitative estimate of drug-likeness (QED) is 0.476. The molecule has 0 aliphatic heterocycles. The molecule has 0 amide bonds. The van der Waals surface area contributed by atoms with Crippen LogP contribution in [-0.4, -0.2) is 6.04 Å². The van der Waals surface area contributed by atoms with Crippen molar-refractivity contribution in [2.45, 2.75) is 71.3 Å². The third kappa shape index (κ3) is 6.74. The topological polar surface area (TPSA) is 12.0 Å². The lowest BCUT2D eigenvalue weighted by Crippen LogP contribution is -2.20. The highest BCUT2D eigenvalue weighted by Gasteiger charge is 2.10. The van der Waals surface area contributed by atoms with E-state index in [1.165, 1.54) is 57.4 Å². The van der Waals surface area contributed by atoms with Gasteiger partial charge in [0, 0.05) is 10.5 Å². The molecular weight excluding hydrogens is 317 g/mol. The number of hydrogen-bond donors (Lipinski definition) is 1. The summed E-state index contributed by atoms with van der Waals surface area (Å²) in [6.07, 6.45) is 9.85. The molecule has 0 aliphatic carbocycles. The molecule has 0 fully saturated rings. The Morgan fingerprint density at radius 2 is 1.65 bits per heavy atom. The molecule has 0 bridgehead atoms. The molecule has 1 aromatic carbocycles. The van der Waals surface area contributed by atoms with Gasteiger partial charge in [-0.05, 0) is 47.0 Å². The second-order valence-electron chi connectivity index (χ2n) is 5.46. The van der Waals surface area contributed by atoms with E-state index in [0.29, 0.717) is 6.04 Å². The largest absolute Gasteiger partial charge is 0.381 e. The molecule has 1 nitrogen and oxygen atoms in total. The Bertz CT molecular complexity index is 371. The number of anilines is 1. The molecule has 0 atom stereocenters. The zero-order chi connectivity index (χ0) is 14.8. The highest BCUT2D eigenvalue weighted by Crippen LogP contribution is 2.26. The van der Waals surface area contributed by atoms with Gasteiger partial charge in [0.15, 0.2) is 0 Å². The maximum atomic E-state index is 13.3. The molecule has 1 rings (SSSR count). The van der Waals surface area contributed by atoms with Crippen LogP contribution in [0.25, 0.3) is 0 Å². The molecule has 0 aliphatic rings. The van der Waals surface area contributed by atoms with Crippen molar-refractivity contribution < 1.29 is 4.39 Å². The van der Waals surface area contributed by atoms with Gasteiger partial charge in [-0.3, -0.25) is 0 Å². The molecule has 0 heterocycles. The van der Waals surface area contributed by atoms with Crippen molar-refractivity contribution in [2.24, 2.45) is 0 Å². The fourth-order valence-electron chi connectivity index (χ4n) is 2.40. The minimum Gasteiger partial charge on any atom is -0.381 e. The number of unbranched alkanes of at least 4 members (excludes halogenated alkanes) is 4. The predicted molar refractivity (Wildman–Crippen MR) is 89.8 cm³/mol. The average Bonchev–Trinajstić information content (AvgIpc) is 2.43. The van der Waals surface area contributed by atoms with Crippen LogP contribution in [0.15, 0.2) is 22.7 Å². The van der Waals surface area contributed by atoms with E-state index in [0.717, 1.165) is 10.2 Å². The normalized spacial score (nSPS) is 11.1. The van der Waals surface area contributed by atoms with Crippen LogP contribution in [0.4, 0.5) is 10.1 Å². The maximum absolute atomic E-state index is 13.3. The van der Waals surface area contributed by atoms with E-state index in [9.17, 15) is 4.39 Å². The van der Waals surface area contributed by atoms with E-state index in [-0.39, 0.29) is 5.82 Å². The average molecular weight is 344 g/mol. The van der Waals surface area contributed by atoms with Crippen molar-refractivity contribution in [1.29, 1.82) is 0 Å². The first-order valence-electron chi connectivity index (χ1n) is 7.89. The zero-order valence-electron chi connectivity index (χ0n) is 12.7. The van der Waals surface area contributed by atoms with Crippen LogP contribution < -0.4 is 5.32 Å². The molecule has 1 N–H and O–H groups in total. The third-order valence-corrected chi connectivity index (χ3v) is 4.29. The Hall–Kier alpha value is -0.570. The monoisotopic (exact) mass is 343 g/mol. The lowest BCUT2D eigenvalue weighted by atomic mass is 10.0. The van der Waals surface area contributed by atoms with Gasteiger partial charge in [-0.15, -0.1) is 0 Å². The van der Waals surface area contributed by atoms with Crippen molar-refractivity contribution in [2.75, 3.05) is 5.32 Å². The molecule has 0 saturated carbocycles. The number of hydrogen-bond acceptors (Lipinski definition) is 1. The zero-order valence-corrected chi connectivity index (χ0v) is 14.3. The van der Waals surface area contributed by atoms with Gasteiger partial charge in [0.1, 0.15) is 5.82 Å². The fourth-order valence-corrected chi connectivity index (χ4v) is 2.76. The third-order valence-electron chi connectivity index (χ3n) is 3.60. The summed E-state index contributed by atoms with van der Waals surface area (Å²) in [4.78, 5) is 0. The van der Waals surface area contributed by atoms with Gasteiger partial charge in [-0.1, -0.05) is 52.4 Å². The van der Waals surface area contributed by atoms with E-state index >= 15 is 0 Å². The number of rotatable bonds is 10. The molecule has 1 aromatic rings. The van der Waals surface area contributed by atoms with E-state index in [1.54, 1.807) is 12.1 Å². The summed E-state index contributed by atoms with van der Waals surface area (Å²) in [7, 11) is 0. The number of nitrogens with one attached hydrogen (secondary N) is 1. The van der Waals surface area contributed by atoms with Gasteiger partial charge in [0.2, 0.25) is 0 Å². The van der Waals surface area contributed by atoms with Crippen molar-refractivity contribution >= 4 is 21.6 Å². The summed E-state index contributed by atoms with van der Waals surface area (Å²) in [5.74, 6) is -0.184. The first kappa shape index (κ1) is 17.5. The summed E-state index contributed by atoms with van der Waals surface area (Å²) < 4.78 is 14.3. The van der Waals surface area contributed by atoms with Crippen molar-refractivity contribution in [3.05, 3.63) is 28.5 Å². The number of halogens is 2. The molecule has 0 saturated heterocycles. The van der Waals surface area contributed by atoms with Gasteiger partial charge in [-0.2, -0.15) is 0 Å². The maximum Gasteiger partial charge on any atom is 0.125 e. The first-order valence-corrected chi connectivity index (χ1v) is 8.68. The minimum atomic E-state index is -0.184. The van der Waals surface area contributed by atoms with E-state index in [1.807, 2.05) is 0 Å². The summed E-state index contributed by atoms with van der Waals surface area (Å²) >= 11 is 3.49. The Kier molecular flexibility index (Phi) is 8.92. The molecule has 0 aromatic heterocycles. The second-order valence-corrected chi connectivity index (χ2v) is 6.31. The van der Waals surface area contributed by atoms with Crippen molar-refractivity contribution in [3.8, 4) is 0 Å². The summed E-state index contributed by atoms with van der Waals surface area (Å²) in [6.45, 7) is 4.45. The summed E-state index contributed by atoms with van der Waals surface area (Å²) in [5, 5.41) is 3.52. The highest BCUT2D eigenvalue weighted by molar-refractivity contribution is 9.10. The lowest BCUT2D eigenvalue weighted by molar-refractivity contribution is 0.526. The Labute approximate surface area is 131 Å². The molecule has 0 unspecified atom stereocenters. The Morgan fingerprint density at radius 1 is 1.05 bits per heavy atom. The van der Waals surface area contributed by atoms with Crippen molar-refractivity contribution in [3.63, 3.8) is 0 Å². The molecule has 114 valence electrons. The second kappa shape index (κ2) is 10.2. The van der Waals surface area contributed by atoms with Gasteiger partial charge in [-0.25, -0.2) is 4.39 Å². The van der Waals surface area contributed by atoms with Crippen LogP contribution in [0.2, 0.25) is 0 Å². The van der Waals surface area contributed by atoms with Crippen LogP contribution in [0.5, 0.6) is 0 Å². The van der Waals surface area contributed by atoms with Crippen LogP contribution in [0.1, 0.15) is 65.2 Å². The van der Waals surface area contributed by atoms with Crippen LogP contribution in [0.3, 0.4) is 0 Å². The van der Waals surface area contributed by atoms with E-state index in [4.69, 9.17) is 0 Å². The first-order chi connectivity index (χ1) is 9.67. The highest BCUT2D eigenvalue weighted by atomic mass is 79.9. The van der Waals surface area contributed by atoms with E-state index in [2.05, 4.69) is 35.1 Å². The molecule has 0 radical (unpaired) electrons. The molecule has 20 heavy (non-hydrogen) atoms. The minimum absolute atomic E-state index is 0.184. The lowest BCUT2D eigenvalue weighted by Gasteiger charge is -2.21. The summed E-state index contributed by atoms with van der Waals surface area (Å²) in [6, 6.07) is 5.29. The Balaban J connectivity index is 2.58. The molecule has 3 heteroatoms. The predicted octanol–water partition coefficient (Wildman–Crippen LogP) is 6.53. The number of benzene rings is 1. The molecule has 0 spiro atoms. The van der Waals surface area contributed by atoms with Crippen LogP contribution >= 0.6 is 15.9 Å². The smallest absolute Gasteiger partial charge is 0.125 e. The van der Waals surface area contributed by atoms with Gasteiger partial charge < -0.3 is 5.32 Å². The van der Waals surface area contributed by atoms with E-state index < -0.39 is 0 Å². The van der Waals surface area contributed by atoms with Crippen LogP contribution in [-0.2, 0) is 0 Å². The summed E-state index contributed by atoms with van der Waals surface area (Å²) in [5.41, 5.74) is 0.878. The van der Waals surface area contributed by atoms with Gasteiger partial charge in [0.05, 0.1) is 5.69 Å². The SMILES string of the molecule is CCCCCC(CCCCC)Nc1cc(F)ccc1Br. The van der Waals surface area contributed by atoms with Crippen molar-refractivity contribution in [1.82, 2.24) is 0 Å². The Morgan fingerprint density at radius 3 is 2.20 bits per heavy atom.